The number of hydrogen-bond acceptors (Lipinski definition) is 6. The minimum atomic E-state index is -0.384. The highest BCUT2D eigenvalue weighted by Gasteiger charge is 2.09. The van der Waals surface area contributed by atoms with Crippen molar-refractivity contribution in [2.45, 2.75) is 6.92 Å². The van der Waals surface area contributed by atoms with Crippen molar-refractivity contribution in [3.8, 4) is 0 Å². The van der Waals surface area contributed by atoms with E-state index >= 15 is 0 Å². The summed E-state index contributed by atoms with van der Waals surface area (Å²) in [6, 6.07) is 1.76. The Labute approximate surface area is 117 Å². The topological polar surface area (TPSA) is 106 Å². The van der Waals surface area contributed by atoms with Crippen molar-refractivity contribution < 1.29 is 4.79 Å². The number of hydrazine groups is 1. The second-order valence-corrected chi connectivity index (χ2v) is 4.56. The number of nitrogens with two attached hydrogens (primary N) is 1. The van der Waals surface area contributed by atoms with Gasteiger partial charge in [0.15, 0.2) is 5.82 Å². The molecule has 7 nitrogen and oxygen atoms in total. The van der Waals surface area contributed by atoms with Crippen LogP contribution in [0.25, 0.3) is 0 Å². The number of carbonyl (C=O) groups excluding carboxylic acids is 1. The fourth-order valence-corrected chi connectivity index (χ4v) is 1.52. The molecule has 19 heavy (non-hydrogen) atoms. The Balaban J connectivity index is 2.13. The highest BCUT2D eigenvalue weighted by atomic mass is 79.9. The number of pyridine rings is 1. The number of hydrogen-bond donors (Lipinski definition) is 3. The Morgan fingerprint density at radius 1 is 1.21 bits per heavy atom. The molecule has 0 aliphatic rings. The van der Waals surface area contributed by atoms with Crippen LogP contribution in [0, 0.1) is 6.92 Å². The fourth-order valence-electron chi connectivity index (χ4n) is 1.31. The smallest absolute Gasteiger partial charge is 0.277 e. The largest absolute Gasteiger partial charge is 0.307 e. The highest BCUT2D eigenvalue weighted by Crippen LogP contribution is 2.17. The Morgan fingerprint density at radius 2 is 1.95 bits per heavy atom. The summed E-state index contributed by atoms with van der Waals surface area (Å²) in [6.45, 7) is 1.91. The Kier molecular flexibility index (Phi) is 4.03. The molecule has 4 N–H and O–H groups in total. The van der Waals surface area contributed by atoms with E-state index in [1.165, 1.54) is 12.4 Å². The molecule has 0 bridgehead atoms. The number of aryl methyl sites for hydroxylation is 1. The lowest BCUT2D eigenvalue weighted by Crippen LogP contribution is -2.16. The molecule has 2 aromatic rings. The number of nitrogens with one attached hydrogen (secondary N) is 2. The van der Waals surface area contributed by atoms with Gasteiger partial charge < -0.3 is 10.7 Å². The first-order valence-electron chi connectivity index (χ1n) is 5.32. The third kappa shape index (κ3) is 3.24. The number of nitrogen functional groups attached to an aromatic ring is 1. The molecule has 0 atom stereocenters. The summed E-state index contributed by atoms with van der Waals surface area (Å²) in [4.78, 5) is 23.8. The summed E-state index contributed by atoms with van der Waals surface area (Å²) in [5.74, 6) is 5.61. The third-order valence-corrected chi connectivity index (χ3v) is 3.15. The lowest BCUT2D eigenvalue weighted by Gasteiger charge is -2.05. The first-order valence-corrected chi connectivity index (χ1v) is 6.11. The maximum absolute atomic E-state index is 11.9. The van der Waals surface area contributed by atoms with Crippen LogP contribution in [0.1, 0.15) is 16.1 Å². The van der Waals surface area contributed by atoms with Crippen LogP contribution < -0.4 is 16.6 Å². The van der Waals surface area contributed by atoms with Gasteiger partial charge in [-0.15, -0.1) is 0 Å². The van der Waals surface area contributed by atoms with Crippen molar-refractivity contribution >= 4 is 33.5 Å². The van der Waals surface area contributed by atoms with Gasteiger partial charge in [0.25, 0.3) is 5.91 Å². The number of anilines is 2. The van der Waals surface area contributed by atoms with Gasteiger partial charge >= 0.3 is 0 Å². The average molecular weight is 323 g/mol. The number of aromatic nitrogens is 3. The molecule has 1 amide bonds. The van der Waals surface area contributed by atoms with Crippen LogP contribution in [0.15, 0.2) is 29.1 Å². The van der Waals surface area contributed by atoms with E-state index in [-0.39, 0.29) is 11.6 Å². The van der Waals surface area contributed by atoms with E-state index in [9.17, 15) is 4.79 Å². The quantitative estimate of drug-likeness (QED) is 0.583. The molecule has 0 unspecified atom stereocenters. The first-order chi connectivity index (χ1) is 9.10. The minimum Gasteiger partial charge on any atom is -0.307 e. The van der Waals surface area contributed by atoms with Crippen molar-refractivity contribution in [1.29, 1.82) is 0 Å². The zero-order chi connectivity index (χ0) is 13.8. The van der Waals surface area contributed by atoms with Crippen molar-refractivity contribution in [3.63, 3.8) is 0 Å². The minimum absolute atomic E-state index is 0.182. The van der Waals surface area contributed by atoms with E-state index in [4.69, 9.17) is 5.84 Å². The fraction of sp³-hybridized carbons (Fsp3) is 0.0909. The average Bonchev–Trinajstić information content (AvgIpc) is 2.43. The summed E-state index contributed by atoms with van der Waals surface area (Å²) in [7, 11) is 0. The van der Waals surface area contributed by atoms with Crippen LogP contribution in [-0.4, -0.2) is 20.9 Å². The SMILES string of the molecule is Cc1cc(NC(=O)c2cnc(NN)cn2)ncc1Br. The third-order valence-electron chi connectivity index (χ3n) is 2.32. The summed E-state index contributed by atoms with van der Waals surface area (Å²) in [5.41, 5.74) is 3.49. The number of amides is 1. The van der Waals surface area contributed by atoms with Gasteiger partial charge in [0.05, 0.1) is 12.4 Å². The van der Waals surface area contributed by atoms with E-state index in [0.29, 0.717) is 11.6 Å². The summed E-state index contributed by atoms with van der Waals surface area (Å²) < 4.78 is 0.878. The van der Waals surface area contributed by atoms with Crippen molar-refractivity contribution in [2.75, 3.05) is 10.7 Å². The Morgan fingerprint density at radius 3 is 2.53 bits per heavy atom. The van der Waals surface area contributed by atoms with E-state index in [2.05, 4.69) is 41.6 Å². The number of halogens is 1. The maximum Gasteiger partial charge on any atom is 0.277 e. The molecule has 0 saturated carbocycles. The molecule has 0 saturated heterocycles. The monoisotopic (exact) mass is 322 g/mol. The summed E-state index contributed by atoms with van der Waals surface area (Å²) in [5, 5.41) is 2.64. The Bertz CT molecular complexity index is 601. The molecule has 0 aromatic carbocycles. The summed E-state index contributed by atoms with van der Waals surface area (Å²) in [6.07, 6.45) is 4.32. The van der Waals surface area contributed by atoms with Crippen LogP contribution in [0.4, 0.5) is 11.6 Å². The summed E-state index contributed by atoms with van der Waals surface area (Å²) >= 11 is 3.34. The molecule has 0 aliphatic carbocycles. The van der Waals surface area contributed by atoms with Gasteiger partial charge in [-0.1, -0.05) is 0 Å². The number of nitrogens with zero attached hydrogens (tertiary/aromatic N) is 3. The lowest BCUT2D eigenvalue weighted by atomic mass is 10.3. The molecule has 2 aromatic heterocycles. The second-order valence-electron chi connectivity index (χ2n) is 3.70. The molecular weight excluding hydrogens is 312 g/mol. The molecule has 98 valence electrons. The van der Waals surface area contributed by atoms with Crippen LogP contribution in [0.3, 0.4) is 0 Å². The molecule has 0 aliphatic heterocycles. The zero-order valence-corrected chi connectivity index (χ0v) is 11.6. The Hall–Kier alpha value is -2.06. The molecule has 0 radical (unpaired) electrons. The van der Waals surface area contributed by atoms with Crippen LogP contribution in [-0.2, 0) is 0 Å². The van der Waals surface area contributed by atoms with Crippen molar-refractivity contribution in [1.82, 2.24) is 15.0 Å². The van der Waals surface area contributed by atoms with Crippen LogP contribution >= 0.6 is 15.9 Å². The van der Waals surface area contributed by atoms with Gasteiger partial charge in [-0.2, -0.15) is 0 Å². The van der Waals surface area contributed by atoms with Crippen molar-refractivity contribution in [3.05, 3.63) is 40.4 Å². The van der Waals surface area contributed by atoms with E-state index in [1.54, 1.807) is 12.3 Å². The van der Waals surface area contributed by atoms with Crippen molar-refractivity contribution in [2.24, 2.45) is 5.84 Å². The number of rotatable bonds is 3. The van der Waals surface area contributed by atoms with Gasteiger partial charge in [0.1, 0.15) is 11.5 Å². The standard InChI is InChI=1S/C11H11BrN6O/c1-6-2-9(15-3-7(6)12)17-11(19)8-4-16-10(18-13)5-14-8/h2-5H,13H2,1H3,(H,16,18)(H,15,17,19). The molecule has 2 rings (SSSR count). The lowest BCUT2D eigenvalue weighted by molar-refractivity contribution is 0.102. The van der Waals surface area contributed by atoms with E-state index in [1.807, 2.05) is 6.92 Å². The first kappa shape index (κ1) is 13.4. The van der Waals surface area contributed by atoms with Gasteiger partial charge in [0.2, 0.25) is 0 Å². The van der Waals surface area contributed by atoms with E-state index in [0.717, 1.165) is 10.0 Å². The zero-order valence-electron chi connectivity index (χ0n) is 10.0. The number of carbonyl (C=O) groups is 1. The maximum atomic E-state index is 11.9. The van der Waals surface area contributed by atoms with Gasteiger partial charge in [-0.05, 0) is 34.5 Å². The predicted octanol–water partition coefficient (Wildman–Crippen LogP) is 1.48. The highest BCUT2D eigenvalue weighted by molar-refractivity contribution is 9.10. The molecular formula is C11H11BrN6O. The van der Waals surface area contributed by atoms with Gasteiger partial charge in [-0.3, -0.25) is 4.79 Å². The normalized spacial score (nSPS) is 10.1. The van der Waals surface area contributed by atoms with Crippen LogP contribution in [0.5, 0.6) is 0 Å². The molecule has 2 heterocycles. The second kappa shape index (κ2) is 5.72. The molecule has 0 spiro atoms. The van der Waals surface area contributed by atoms with Gasteiger partial charge in [0, 0.05) is 10.7 Å². The molecule has 8 heteroatoms. The van der Waals surface area contributed by atoms with Crippen LogP contribution in [0.2, 0.25) is 0 Å². The van der Waals surface area contributed by atoms with E-state index < -0.39 is 0 Å². The molecule has 0 fully saturated rings. The predicted molar refractivity (Wildman–Crippen MR) is 74.5 cm³/mol. The van der Waals surface area contributed by atoms with Gasteiger partial charge in [-0.25, -0.2) is 20.8 Å².